The summed E-state index contributed by atoms with van der Waals surface area (Å²) in [6.45, 7) is 10.2. The van der Waals surface area contributed by atoms with Gasteiger partial charge in [-0.05, 0) is 24.6 Å². The predicted molar refractivity (Wildman–Crippen MR) is 113 cm³/mol. The van der Waals surface area contributed by atoms with E-state index in [4.69, 9.17) is 28.2 Å². The largest absolute Gasteiger partial charge is 0.357 e. The first-order valence-electron chi connectivity index (χ1n) is 9.32. The summed E-state index contributed by atoms with van der Waals surface area (Å²) in [4.78, 5) is 22.5. The Hall–Kier alpha value is -1.50. The summed E-state index contributed by atoms with van der Waals surface area (Å²) in [5.74, 6) is 1.02. The van der Waals surface area contributed by atoms with Gasteiger partial charge in [0.2, 0.25) is 5.91 Å². The van der Waals surface area contributed by atoms with Crippen LogP contribution in [0.1, 0.15) is 19.4 Å². The summed E-state index contributed by atoms with van der Waals surface area (Å²) in [5.41, 5.74) is 1.08. The van der Waals surface area contributed by atoms with Crippen LogP contribution in [0.15, 0.2) is 23.2 Å². The maximum Gasteiger partial charge on any atom is 0.219 e. The molecule has 0 saturated carbocycles. The number of carbonyl (C=O) groups is 1. The van der Waals surface area contributed by atoms with Crippen LogP contribution in [-0.2, 0) is 11.3 Å². The third-order valence-electron chi connectivity index (χ3n) is 4.60. The van der Waals surface area contributed by atoms with Crippen molar-refractivity contribution in [2.75, 3.05) is 52.9 Å². The zero-order valence-corrected chi connectivity index (χ0v) is 17.9. The van der Waals surface area contributed by atoms with Gasteiger partial charge in [0, 0.05) is 59.8 Å². The highest BCUT2D eigenvalue weighted by atomic mass is 35.5. The SMILES string of the molecule is CCNC(=NCCN1CCN(C(C)=O)CC1)N(C)Cc1ccc(Cl)c(Cl)c1. The number of amides is 1. The number of benzene rings is 1. The summed E-state index contributed by atoms with van der Waals surface area (Å²) in [7, 11) is 2.01. The lowest BCUT2D eigenvalue weighted by atomic mass is 10.2. The van der Waals surface area contributed by atoms with Crippen LogP contribution in [-0.4, -0.2) is 79.4 Å². The molecule has 1 N–H and O–H groups in total. The fourth-order valence-corrected chi connectivity index (χ4v) is 3.36. The van der Waals surface area contributed by atoms with Gasteiger partial charge in [0.25, 0.3) is 0 Å². The molecule has 2 rings (SSSR count). The fraction of sp³-hybridized carbons (Fsp3) is 0.579. The summed E-state index contributed by atoms with van der Waals surface area (Å²) in [5, 5.41) is 4.46. The van der Waals surface area contributed by atoms with Crippen LogP contribution in [0.5, 0.6) is 0 Å². The van der Waals surface area contributed by atoms with E-state index in [0.717, 1.165) is 50.8 Å². The van der Waals surface area contributed by atoms with Crippen molar-refractivity contribution in [2.24, 2.45) is 4.99 Å². The molecule has 0 radical (unpaired) electrons. The third kappa shape index (κ3) is 6.87. The minimum absolute atomic E-state index is 0.158. The molecule has 1 fully saturated rings. The standard InChI is InChI=1S/C19H29Cl2N5O/c1-4-22-19(24(3)14-16-5-6-17(20)18(21)13-16)23-7-8-25-9-11-26(12-10-25)15(2)27/h5-6,13H,4,7-12,14H2,1-3H3,(H,22,23). The van der Waals surface area contributed by atoms with Gasteiger partial charge in [-0.2, -0.15) is 0 Å². The Morgan fingerprint density at radius 3 is 2.52 bits per heavy atom. The van der Waals surface area contributed by atoms with E-state index in [1.54, 1.807) is 6.92 Å². The second kappa shape index (κ2) is 10.7. The van der Waals surface area contributed by atoms with E-state index >= 15 is 0 Å². The predicted octanol–water partition coefficient (Wildman–Crippen LogP) is 2.55. The molecular weight excluding hydrogens is 385 g/mol. The summed E-state index contributed by atoms with van der Waals surface area (Å²) >= 11 is 12.1. The van der Waals surface area contributed by atoms with Gasteiger partial charge in [-0.3, -0.25) is 14.7 Å². The lowest BCUT2D eigenvalue weighted by Crippen LogP contribution is -2.48. The first-order chi connectivity index (χ1) is 12.9. The van der Waals surface area contributed by atoms with Crippen molar-refractivity contribution >= 4 is 35.1 Å². The average Bonchev–Trinajstić information content (AvgIpc) is 2.64. The lowest BCUT2D eigenvalue weighted by Gasteiger charge is -2.33. The number of piperazine rings is 1. The minimum Gasteiger partial charge on any atom is -0.357 e. The van der Waals surface area contributed by atoms with Crippen LogP contribution in [0.3, 0.4) is 0 Å². The van der Waals surface area contributed by atoms with Gasteiger partial charge < -0.3 is 15.1 Å². The molecule has 1 aliphatic heterocycles. The Labute approximate surface area is 172 Å². The molecule has 0 spiro atoms. The highest BCUT2D eigenvalue weighted by Gasteiger charge is 2.18. The summed E-state index contributed by atoms with van der Waals surface area (Å²) in [6.07, 6.45) is 0. The highest BCUT2D eigenvalue weighted by Crippen LogP contribution is 2.23. The smallest absolute Gasteiger partial charge is 0.219 e. The number of nitrogens with zero attached hydrogens (tertiary/aromatic N) is 4. The van der Waals surface area contributed by atoms with Crippen molar-refractivity contribution in [3.05, 3.63) is 33.8 Å². The molecule has 27 heavy (non-hydrogen) atoms. The highest BCUT2D eigenvalue weighted by molar-refractivity contribution is 6.42. The molecule has 8 heteroatoms. The molecule has 1 aliphatic rings. The molecule has 1 aromatic rings. The Morgan fingerprint density at radius 1 is 1.22 bits per heavy atom. The van der Waals surface area contributed by atoms with Crippen LogP contribution < -0.4 is 5.32 Å². The molecule has 1 heterocycles. The number of nitrogens with one attached hydrogen (secondary N) is 1. The zero-order valence-electron chi connectivity index (χ0n) is 16.3. The van der Waals surface area contributed by atoms with Crippen molar-refractivity contribution < 1.29 is 4.79 Å². The second-order valence-electron chi connectivity index (χ2n) is 6.69. The number of aliphatic imine (C=N–C) groups is 1. The third-order valence-corrected chi connectivity index (χ3v) is 5.33. The quantitative estimate of drug-likeness (QED) is 0.574. The molecular formula is C19H29Cl2N5O. The van der Waals surface area contributed by atoms with Crippen molar-refractivity contribution in [1.29, 1.82) is 0 Å². The maximum absolute atomic E-state index is 11.4. The summed E-state index contributed by atoms with van der Waals surface area (Å²) in [6, 6.07) is 5.68. The molecule has 0 unspecified atom stereocenters. The normalized spacial score (nSPS) is 15.7. The van der Waals surface area contributed by atoms with Gasteiger partial charge in [-0.25, -0.2) is 0 Å². The van der Waals surface area contributed by atoms with Crippen LogP contribution in [0.2, 0.25) is 10.0 Å². The Kier molecular flexibility index (Phi) is 8.67. The van der Waals surface area contributed by atoms with Crippen molar-refractivity contribution in [1.82, 2.24) is 20.0 Å². The van der Waals surface area contributed by atoms with Crippen molar-refractivity contribution in [3.63, 3.8) is 0 Å². The molecule has 150 valence electrons. The second-order valence-corrected chi connectivity index (χ2v) is 7.50. The van der Waals surface area contributed by atoms with Crippen LogP contribution >= 0.6 is 23.2 Å². The first-order valence-corrected chi connectivity index (χ1v) is 10.1. The van der Waals surface area contributed by atoms with Crippen LogP contribution in [0.25, 0.3) is 0 Å². The number of carbonyl (C=O) groups excluding carboxylic acids is 1. The van der Waals surface area contributed by atoms with E-state index in [1.807, 2.05) is 30.1 Å². The topological polar surface area (TPSA) is 51.2 Å². The van der Waals surface area contributed by atoms with E-state index in [0.29, 0.717) is 23.1 Å². The number of rotatable bonds is 6. The molecule has 1 aromatic carbocycles. The Morgan fingerprint density at radius 2 is 1.93 bits per heavy atom. The average molecular weight is 414 g/mol. The molecule has 1 saturated heterocycles. The molecule has 6 nitrogen and oxygen atoms in total. The number of guanidine groups is 1. The van der Waals surface area contributed by atoms with Gasteiger partial charge >= 0.3 is 0 Å². The van der Waals surface area contributed by atoms with Gasteiger partial charge in [-0.1, -0.05) is 29.3 Å². The number of halogens is 2. The van der Waals surface area contributed by atoms with Crippen molar-refractivity contribution in [3.8, 4) is 0 Å². The molecule has 0 aromatic heterocycles. The van der Waals surface area contributed by atoms with E-state index in [1.165, 1.54) is 0 Å². The maximum atomic E-state index is 11.4. The molecule has 0 atom stereocenters. The zero-order chi connectivity index (χ0) is 19.8. The van der Waals surface area contributed by atoms with E-state index < -0.39 is 0 Å². The monoisotopic (exact) mass is 413 g/mol. The first kappa shape index (κ1) is 21.8. The number of hydrogen-bond donors (Lipinski definition) is 1. The van der Waals surface area contributed by atoms with E-state index in [-0.39, 0.29) is 5.91 Å². The fourth-order valence-electron chi connectivity index (χ4n) is 3.04. The van der Waals surface area contributed by atoms with E-state index in [9.17, 15) is 4.79 Å². The minimum atomic E-state index is 0.158. The van der Waals surface area contributed by atoms with Crippen LogP contribution in [0.4, 0.5) is 0 Å². The van der Waals surface area contributed by atoms with Gasteiger partial charge in [0.15, 0.2) is 5.96 Å². The van der Waals surface area contributed by atoms with Gasteiger partial charge in [0.05, 0.1) is 16.6 Å². The molecule has 1 amide bonds. The Balaban J connectivity index is 1.87. The van der Waals surface area contributed by atoms with Crippen molar-refractivity contribution in [2.45, 2.75) is 20.4 Å². The van der Waals surface area contributed by atoms with Crippen LogP contribution in [0, 0.1) is 0 Å². The van der Waals surface area contributed by atoms with E-state index in [2.05, 4.69) is 22.0 Å². The Bertz CT molecular complexity index is 660. The molecule has 0 bridgehead atoms. The van der Waals surface area contributed by atoms with Gasteiger partial charge in [-0.15, -0.1) is 0 Å². The number of hydrogen-bond acceptors (Lipinski definition) is 3. The molecule has 0 aliphatic carbocycles. The van der Waals surface area contributed by atoms with Gasteiger partial charge in [0.1, 0.15) is 0 Å². The summed E-state index contributed by atoms with van der Waals surface area (Å²) < 4.78 is 0. The lowest BCUT2D eigenvalue weighted by molar-refractivity contribution is -0.130.